The highest BCUT2D eigenvalue weighted by Crippen LogP contribution is 2.47. The first-order valence-corrected chi connectivity index (χ1v) is 65.1. The summed E-state index contributed by atoms with van der Waals surface area (Å²) in [4.78, 5) is 47.8. The topological polar surface area (TPSA) is 179 Å². The molecule has 0 atom stereocenters. The van der Waals surface area contributed by atoms with Crippen LogP contribution in [-0.4, -0.2) is 95.4 Å². The van der Waals surface area contributed by atoms with E-state index in [4.69, 9.17) is 42.6 Å². The van der Waals surface area contributed by atoms with Gasteiger partial charge in [-0.15, -0.1) is 0 Å². The largest absolute Gasteiger partial charge is 0.492 e. The molecule has 860 valence electrons. The van der Waals surface area contributed by atoms with E-state index in [1.165, 1.54) is 424 Å². The van der Waals surface area contributed by atoms with Crippen LogP contribution < -0.4 is 53.3 Å². The van der Waals surface area contributed by atoms with Gasteiger partial charge < -0.3 is 58.4 Å². The maximum absolute atomic E-state index is 16.4. The lowest BCUT2D eigenvalue weighted by atomic mass is 9.97. The van der Waals surface area contributed by atoms with E-state index < -0.39 is 17.8 Å². The summed E-state index contributed by atoms with van der Waals surface area (Å²) in [6.45, 7) is 24.6. The van der Waals surface area contributed by atoms with Gasteiger partial charge in [0.15, 0.2) is 40.2 Å². The van der Waals surface area contributed by atoms with Gasteiger partial charge in [-0.25, -0.2) is 4.79 Å². The Morgan fingerprint density at radius 2 is 0.304 bits per heavy atom. The summed E-state index contributed by atoms with van der Waals surface area (Å²) in [7, 11) is 0. The van der Waals surface area contributed by atoms with Crippen molar-refractivity contribution in [3.8, 4) is 51.7 Å². The fraction of sp³-hybridized carbons (Fsp3) is 0.842. The van der Waals surface area contributed by atoms with Gasteiger partial charge in [0.2, 0.25) is 11.5 Å². The predicted molar refractivity (Wildman–Crippen MR) is 634 cm³/mol. The second kappa shape index (κ2) is 104. The molecule has 0 aromatic heterocycles. The molecule has 15 heteroatoms. The van der Waals surface area contributed by atoms with Gasteiger partial charge in [-0.1, -0.05) is 582 Å². The molecule has 0 saturated carbocycles. The monoisotopic (exact) mass is 2070 g/mol. The van der Waals surface area contributed by atoms with Crippen molar-refractivity contribution in [2.45, 2.75) is 653 Å². The van der Waals surface area contributed by atoms with Crippen LogP contribution in [0, 0.1) is 0 Å². The third-order valence-corrected chi connectivity index (χ3v) is 30.3. The zero-order valence-corrected chi connectivity index (χ0v) is 99.0. The van der Waals surface area contributed by atoms with E-state index in [0.29, 0.717) is 106 Å². The van der Waals surface area contributed by atoms with Crippen LogP contribution >= 0.6 is 0 Å². The Kier molecular flexibility index (Phi) is 96.1. The molecule has 0 saturated heterocycles. The lowest BCUT2D eigenvalue weighted by molar-refractivity contribution is 0.0686. The summed E-state index contributed by atoms with van der Waals surface area (Å²) in [5.41, 5.74) is 1.26. The number of aromatic carboxylic acids is 1. The van der Waals surface area contributed by atoms with Gasteiger partial charge in [0, 0.05) is 13.1 Å². The van der Waals surface area contributed by atoms with E-state index in [-0.39, 0.29) is 66.8 Å². The molecule has 148 heavy (non-hydrogen) atoms. The SMILES string of the molecule is CCCCCCCCCCCCOc1cc(CCNC(=O)c2c(OCCCCCCCCCCCC)c(C(=O)O)c(OCCCCCCCCCCCC)c(C(=O)NCCc3cc(OCCCCCCCCCCCC)c(OCCCCCCCCCCCC)c(OCCCCCCCCCCCC)c3)c2OCCCCCCCCCCCC)cc(OCCCCCCCCCCCC)c1OCCCCCCCCCCCC. The first-order valence-electron chi connectivity index (χ1n) is 65.1. The van der Waals surface area contributed by atoms with Gasteiger partial charge in [0.05, 0.1) is 59.5 Å². The molecule has 0 aliphatic heterocycles. The number of carbonyl (C=O) groups is 3. The molecule has 0 heterocycles. The number of hydrogen-bond donors (Lipinski definition) is 3. The van der Waals surface area contributed by atoms with Crippen LogP contribution in [0.5, 0.6) is 51.7 Å². The van der Waals surface area contributed by atoms with E-state index in [0.717, 1.165) is 146 Å². The van der Waals surface area contributed by atoms with Crippen molar-refractivity contribution in [3.05, 3.63) is 52.1 Å². The van der Waals surface area contributed by atoms with Gasteiger partial charge in [-0.05, 0) is 106 Å². The third kappa shape index (κ3) is 74.4. The fourth-order valence-electron chi connectivity index (χ4n) is 20.7. The number of carbonyl (C=O) groups excluding carboxylic acids is 2. The van der Waals surface area contributed by atoms with Crippen LogP contribution in [0.25, 0.3) is 0 Å². The second-order valence-corrected chi connectivity index (χ2v) is 44.5. The molecule has 0 aliphatic carbocycles. The Morgan fingerprint density at radius 1 is 0.176 bits per heavy atom. The average Bonchev–Trinajstić information content (AvgIpc) is 0.744. The quantitative estimate of drug-likeness (QED) is 0.0455. The molecular formula is C133H240N2O13. The van der Waals surface area contributed by atoms with Gasteiger partial charge in [-0.3, -0.25) is 9.59 Å². The van der Waals surface area contributed by atoms with E-state index in [2.05, 4.69) is 97.2 Å². The molecule has 0 radical (unpaired) electrons. The van der Waals surface area contributed by atoms with Crippen LogP contribution in [-0.2, 0) is 12.8 Å². The predicted octanol–water partition coefficient (Wildman–Crippen LogP) is 42.0. The van der Waals surface area contributed by atoms with Crippen LogP contribution in [0.15, 0.2) is 24.3 Å². The van der Waals surface area contributed by atoms with Gasteiger partial charge in [0.1, 0.15) is 16.7 Å². The minimum atomic E-state index is -1.35. The smallest absolute Gasteiger partial charge is 0.343 e. The number of rotatable bonds is 117. The van der Waals surface area contributed by atoms with Crippen LogP contribution in [0.2, 0.25) is 0 Å². The summed E-state index contributed by atoms with van der Waals surface area (Å²) in [6.07, 6.45) is 107. The van der Waals surface area contributed by atoms with Crippen molar-refractivity contribution in [2.75, 3.05) is 72.6 Å². The Labute approximate surface area is 914 Å². The number of amides is 2. The van der Waals surface area contributed by atoms with Crippen LogP contribution in [0.1, 0.15) is 682 Å². The summed E-state index contributed by atoms with van der Waals surface area (Å²) in [5.74, 6) is 1.13. The zero-order valence-electron chi connectivity index (χ0n) is 99.0. The third-order valence-electron chi connectivity index (χ3n) is 30.3. The highest BCUT2D eigenvalue weighted by Gasteiger charge is 2.38. The van der Waals surface area contributed by atoms with E-state index in [1.54, 1.807) is 0 Å². The number of nitrogens with one attached hydrogen (secondary N) is 2. The molecule has 0 bridgehead atoms. The summed E-state index contributed by atoms with van der Waals surface area (Å²) in [6, 6.07) is 8.39. The maximum atomic E-state index is 16.4. The van der Waals surface area contributed by atoms with Crippen molar-refractivity contribution in [3.63, 3.8) is 0 Å². The summed E-state index contributed by atoms with van der Waals surface area (Å²) < 4.78 is 62.9. The van der Waals surface area contributed by atoms with Crippen molar-refractivity contribution in [1.82, 2.24) is 10.6 Å². The number of benzene rings is 3. The molecule has 0 unspecified atom stereocenters. The second-order valence-electron chi connectivity index (χ2n) is 44.5. The molecule has 3 aromatic rings. The Morgan fingerprint density at radius 3 is 0.453 bits per heavy atom. The van der Waals surface area contributed by atoms with Crippen LogP contribution in [0.4, 0.5) is 0 Å². The van der Waals surface area contributed by atoms with Gasteiger partial charge in [0.25, 0.3) is 11.8 Å². The molecule has 3 aromatic carbocycles. The highest BCUT2D eigenvalue weighted by atomic mass is 16.6. The van der Waals surface area contributed by atoms with Crippen molar-refractivity contribution in [2.24, 2.45) is 0 Å². The minimum absolute atomic E-state index is 0.0180. The minimum Gasteiger partial charge on any atom is -0.492 e. The average molecular weight is 2080 g/mol. The lowest BCUT2D eigenvalue weighted by Crippen LogP contribution is -2.31. The summed E-state index contributed by atoms with van der Waals surface area (Å²) in [5, 5.41) is 18.9. The molecule has 3 N–H and O–H groups in total. The van der Waals surface area contributed by atoms with Crippen molar-refractivity contribution >= 4 is 17.8 Å². The Hall–Kier alpha value is -5.73. The number of ether oxygens (including phenoxy) is 9. The number of hydrogen-bond acceptors (Lipinski definition) is 12. The van der Waals surface area contributed by atoms with Gasteiger partial charge >= 0.3 is 5.97 Å². The van der Waals surface area contributed by atoms with Crippen molar-refractivity contribution < 1.29 is 62.1 Å². The highest BCUT2D eigenvalue weighted by molar-refractivity contribution is 6.13. The molecule has 3 rings (SSSR count). The molecule has 2 amide bonds. The lowest BCUT2D eigenvalue weighted by Gasteiger charge is -2.24. The maximum Gasteiger partial charge on any atom is 0.343 e. The molecule has 0 spiro atoms. The van der Waals surface area contributed by atoms with Crippen LogP contribution in [0.3, 0.4) is 0 Å². The normalized spacial score (nSPS) is 11.5. The molecule has 0 fully saturated rings. The van der Waals surface area contributed by atoms with Gasteiger partial charge in [-0.2, -0.15) is 0 Å². The summed E-state index contributed by atoms with van der Waals surface area (Å²) >= 11 is 0. The molecule has 0 aliphatic rings. The first kappa shape index (κ1) is 136. The van der Waals surface area contributed by atoms with Crippen molar-refractivity contribution in [1.29, 1.82) is 0 Å². The number of carboxylic acid groups (broad SMARTS) is 1. The van der Waals surface area contributed by atoms with E-state index in [9.17, 15) is 9.90 Å². The zero-order chi connectivity index (χ0) is 106. The van der Waals surface area contributed by atoms with E-state index >= 15 is 9.59 Å². The number of unbranched alkanes of at least 4 members (excludes halogenated alkanes) is 81. The Bertz CT molecular complexity index is 3160. The fourth-order valence-corrected chi connectivity index (χ4v) is 20.7. The number of carboxylic acids is 1. The molecule has 15 nitrogen and oxygen atoms in total. The molecular weight excluding hydrogens is 1830 g/mol. The standard InChI is InChI=1S/C133H240N2O13/c1-10-19-28-37-46-55-64-73-82-91-104-140-119-113-117(114-120(141-105-92-83-74-65-56-47-38-29-20-11-2)126(119)144-108-95-86-77-68-59-50-41-32-23-14-5)100-102-134-131(136)123-128(146-110-97-88-79-70-61-52-43-34-25-16-7)124(130(148-112-99-90-81-72-63-54-45-36-27-18-9)125(133(138)139)129(123)147-111-98-89-80-71-62-53-44-35-26-17-8)132(137)135-103-101-118-115-121(142-106-93-84-75-66-57-48-39-30-21-12-3)127(145-109-96-87-78-69-60-51-42-33-24-15-6)122(116-118)143-107-94-85-76-67-58-49-40-31-22-13-4/h113-116H,10-112H2,1-9H3,(H,134,136)(H,135,137)(H,138,139). The Balaban J connectivity index is 2.43. The van der Waals surface area contributed by atoms with E-state index in [1.807, 2.05) is 0 Å². The first-order chi connectivity index (χ1) is 73.1.